The fourth-order valence-corrected chi connectivity index (χ4v) is 2.12. The molecule has 0 aromatic carbocycles. The Bertz CT molecular complexity index is 290. The van der Waals surface area contributed by atoms with Crippen LogP contribution in [-0.2, 0) is 14.3 Å². The number of carboxylic acids is 1. The second-order valence-electron chi connectivity index (χ2n) is 4.80. The maximum atomic E-state index is 11.0. The Morgan fingerprint density at radius 1 is 1.50 bits per heavy atom. The summed E-state index contributed by atoms with van der Waals surface area (Å²) in [4.78, 5) is 23.8. The highest BCUT2D eigenvalue weighted by atomic mass is 16.5. The Kier molecular flexibility index (Phi) is 6.07. The van der Waals surface area contributed by atoms with E-state index in [1.54, 1.807) is 0 Å². The lowest BCUT2D eigenvalue weighted by molar-refractivity contribution is -0.142. The summed E-state index contributed by atoms with van der Waals surface area (Å²) in [6, 6.07) is -0.865. The van der Waals surface area contributed by atoms with Crippen LogP contribution in [0.4, 0.5) is 0 Å². The van der Waals surface area contributed by atoms with E-state index in [2.05, 4.69) is 5.32 Å². The molecule has 2 N–H and O–H groups in total. The summed E-state index contributed by atoms with van der Waals surface area (Å²) >= 11 is 0. The Labute approximate surface area is 107 Å². The number of likely N-dealkylation sites (N-methyl/N-ethyl adjacent to an activating group) is 1. The molecule has 1 rings (SSSR count). The molecule has 0 spiro atoms. The molecule has 0 saturated carbocycles. The standard InChI is InChI=1S/C12H22N2O4/c1-9(15)13-11(12(16)17)8-14(2)7-10-5-3-4-6-18-10/h10-11H,3-8H2,1-2H3,(H,13,15)(H,16,17). The highest BCUT2D eigenvalue weighted by molar-refractivity contribution is 5.82. The summed E-state index contributed by atoms with van der Waals surface area (Å²) in [7, 11) is 1.84. The van der Waals surface area contributed by atoms with Gasteiger partial charge in [-0.1, -0.05) is 0 Å². The number of rotatable bonds is 6. The number of ether oxygens (including phenoxy) is 1. The molecule has 1 saturated heterocycles. The van der Waals surface area contributed by atoms with Gasteiger partial charge >= 0.3 is 5.97 Å². The van der Waals surface area contributed by atoms with E-state index in [9.17, 15) is 9.59 Å². The average molecular weight is 258 g/mol. The van der Waals surface area contributed by atoms with Gasteiger partial charge in [0.05, 0.1) is 6.10 Å². The minimum atomic E-state index is -1.01. The zero-order valence-electron chi connectivity index (χ0n) is 11.0. The molecule has 1 aliphatic heterocycles. The van der Waals surface area contributed by atoms with Gasteiger partial charge in [0.2, 0.25) is 5.91 Å². The van der Waals surface area contributed by atoms with E-state index in [0.29, 0.717) is 6.54 Å². The van der Waals surface area contributed by atoms with Crippen LogP contribution in [0.5, 0.6) is 0 Å². The molecule has 0 aliphatic carbocycles. The van der Waals surface area contributed by atoms with Crippen molar-refractivity contribution in [3.8, 4) is 0 Å². The van der Waals surface area contributed by atoms with Crippen LogP contribution >= 0.6 is 0 Å². The first-order valence-corrected chi connectivity index (χ1v) is 6.29. The lowest BCUT2D eigenvalue weighted by atomic mass is 10.1. The van der Waals surface area contributed by atoms with Crippen molar-refractivity contribution in [2.75, 3.05) is 26.7 Å². The quantitative estimate of drug-likeness (QED) is 0.705. The van der Waals surface area contributed by atoms with Crippen molar-refractivity contribution in [1.82, 2.24) is 10.2 Å². The zero-order valence-corrected chi connectivity index (χ0v) is 11.0. The van der Waals surface area contributed by atoms with Crippen molar-refractivity contribution < 1.29 is 19.4 Å². The summed E-state index contributed by atoms with van der Waals surface area (Å²) in [5.41, 5.74) is 0. The molecule has 0 aromatic rings. The molecular weight excluding hydrogens is 236 g/mol. The summed E-state index contributed by atoms with van der Waals surface area (Å²) in [5.74, 6) is -1.34. The van der Waals surface area contributed by atoms with Gasteiger partial charge in [0.25, 0.3) is 0 Å². The van der Waals surface area contributed by atoms with Gasteiger partial charge in [-0.2, -0.15) is 0 Å². The van der Waals surface area contributed by atoms with Crippen LogP contribution in [0.3, 0.4) is 0 Å². The molecule has 1 heterocycles. The fraction of sp³-hybridized carbons (Fsp3) is 0.833. The normalized spacial score (nSPS) is 21.6. The molecule has 1 amide bonds. The van der Waals surface area contributed by atoms with Crippen LogP contribution in [0.2, 0.25) is 0 Å². The topological polar surface area (TPSA) is 78.9 Å². The fourth-order valence-electron chi connectivity index (χ4n) is 2.12. The van der Waals surface area contributed by atoms with Gasteiger partial charge in [0.1, 0.15) is 6.04 Å². The molecule has 18 heavy (non-hydrogen) atoms. The summed E-state index contributed by atoms with van der Waals surface area (Å²) in [6.07, 6.45) is 3.45. The van der Waals surface area contributed by atoms with Gasteiger partial charge < -0.3 is 20.1 Å². The SMILES string of the molecule is CC(=O)NC(CN(C)CC1CCCCO1)C(=O)O. The van der Waals surface area contributed by atoms with Crippen molar-refractivity contribution in [3.63, 3.8) is 0 Å². The number of hydrogen-bond donors (Lipinski definition) is 2. The van der Waals surface area contributed by atoms with E-state index in [1.165, 1.54) is 6.92 Å². The summed E-state index contributed by atoms with van der Waals surface area (Å²) in [5, 5.41) is 11.4. The molecular formula is C12H22N2O4. The summed E-state index contributed by atoms with van der Waals surface area (Å²) < 4.78 is 5.60. The number of amides is 1. The second kappa shape index (κ2) is 7.33. The molecule has 0 bridgehead atoms. The first-order valence-electron chi connectivity index (χ1n) is 6.29. The Morgan fingerprint density at radius 2 is 2.22 bits per heavy atom. The second-order valence-corrected chi connectivity index (χ2v) is 4.80. The predicted molar refractivity (Wildman–Crippen MR) is 66.3 cm³/mol. The number of nitrogens with zero attached hydrogens (tertiary/aromatic N) is 1. The van der Waals surface area contributed by atoms with Crippen LogP contribution in [0.15, 0.2) is 0 Å². The smallest absolute Gasteiger partial charge is 0.327 e. The van der Waals surface area contributed by atoms with E-state index >= 15 is 0 Å². The maximum absolute atomic E-state index is 11.0. The molecule has 0 radical (unpaired) electrons. The number of carboxylic acid groups (broad SMARTS) is 1. The minimum absolute atomic E-state index is 0.176. The molecule has 6 nitrogen and oxygen atoms in total. The van der Waals surface area contributed by atoms with E-state index in [0.717, 1.165) is 25.9 Å². The van der Waals surface area contributed by atoms with Crippen LogP contribution in [-0.4, -0.2) is 60.8 Å². The van der Waals surface area contributed by atoms with Crippen molar-refractivity contribution in [2.24, 2.45) is 0 Å². The van der Waals surface area contributed by atoms with Crippen molar-refractivity contribution in [2.45, 2.75) is 38.3 Å². The third-order valence-corrected chi connectivity index (χ3v) is 2.96. The average Bonchev–Trinajstić information content (AvgIpc) is 2.28. The minimum Gasteiger partial charge on any atom is -0.480 e. The third-order valence-electron chi connectivity index (χ3n) is 2.96. The van der Waals surface area contributed by atoms with Gasteiger partial charge in [-0.15, -0.1) is 0 Å². The third kappa shape index (κ3) is 5.46. The van der Waals surface area contributed by atoms with Gasteiger partial charge in [-0.05, 0) is 26.3 Å². The van der Waals surface area contributed by atoms with Crippen molar-refractivity contribution >= 4 is 11.9 Å². The van der Waals surface area contributed by atoms with Gasteiger partial charge in [0, 0.05) is 26.6 Å². The lowest BCUT2D eigenvalue weighted by Gasteiger charge is -2.28. The van der Waals surface area contributed by atoms with E-state index in [1.807, 2.05) is 11.9 Å². The van der Waals surface area contributed by atoms with E-state index < -0.39 is 12.0 Å². The van der Waals surface area contributed by atoms with E-state index in [4.69, 9.17) is 9.84 Å². The number of carbonyl (C=O) groups is 2. The van der Waals surface area contributed by atoms with Crippen LogP contribution in [0.1, 0.15) is 26.2 Å². The monoisotopic (exact) mass is 258 g/mol. The zero-order chi connectivity index (χ0) is 13.5. The molecule has 2 unspecified atom stereocenters. The Hall–Kier alpha value is -1.14. The van der Waals surface area contributed by atoms with Gasteiger partial charge in [-0.25, -0.2) is 4.79 Å². The molecule has 1 aliphatic rings. The van der Waals surface area contributed by atoms with Gasteiger partial charge in [0.15, 0.2) is 0 Å². The summed E-state index contributed by atoms with van der Waals surface area (Å²) in [6.45, 7) is 3.09. The predicted octanol–water partition coefficient (Wildman–Crippen LogP) is 0.0766. The van der Waals surface area contributed by atoms with Crippen LogP contribution in [0.25, 0.3) is 0 Å². The number of nitrogens with one attached hydrogen (secondary N) is 1. The Morgan fingerprint density at radius 3 is 2.72 bits per heavy atom. The number of carbonyl (C=O) groups excluding carboxylic acids is 1. The number of hydrogen-bond acceptors (Lipinski definition) is 4. The first-order chi connectivity index (χ1) is 8.49. The molecule has 104 valence electrons. The van der Waals surface area contributed by atoms with Crippen LogP contribution in [0, 0.1) is 0 Å². The Balaban J connectivity index is 2.37. The van der Waals surface area contributed by atoms with Crippen molar-refractivity contribution in [1.29, 1.82) is 0 Å². The molecule has 0 aromatic heterocycles. The maximum Gasteiger partial charge on any atom is 0.327 e. The van der Waals surface area contributed by atoms with Crippen LogP contribution < -0.4 is 5.32 Å². The largest absolute Gasteiger partial charge is 0.480 e. The number of aliphatic carboxylic acids is 1. The molecule has 2 atom stereocenters. The lowest BCUT2D eigenvalue weighted by Crippen LogP contribution is -2.48. The van der Waals surface area contributed by atoms with Gasteiger partial charge in [-0.3, -0.25) is 4.79 Å². The van der Waals surface area contributed by atoms with Crippen molar-refractivity contribution in [3.05, 3.63) is 0 Å². The molecule has 1 fully saturated rings. The van der Waals surface area contributed by atoms with E-state index in [-0.39, 0.29) is 18.6 Å². The highest BCUT2D eigenvalue weighted by Gasteiger charge is 2.22. The first kappa shape index (κ1) is 14.9. The highest BCUT2D eigenvalue weighted by Crippen LogP contribution is 2.13. The molecule has 6 heteroatoms.